The van der Waals surface area contributed by atoms with E-state index in [0.717, 1.165) is 0 Å². The number of nitrogens with zero attached hydrogens (tertiary/aromatic N) is 2. The van der Waals surface area contributed by atoms with E-state index < -0.39 is 10.9 Å². The van der Waals surface area contributed by atoms with Crippen LogP contribution in [-0.4, -0.2) is 68.5 Å². The lowest BCUT2D eigenvalue weighted by molar-refractivity contribution is -0.385. The number of carbonyl (C=O) groups excluding carboxylic acids is 2. The number of non-ortho nitro benzene ring substituents is 1. The molecule has 1 fully saturated rings. The largest absolute Gasteiger partial charge is 0.493 e. The highest BCUT2D eigenvalue weighted by atomic mass is 16.7. The molecular weight excluding hydrogens is 464 g/mol. The van der Waals surface area contributed by atoms with Crippen molar-refractivity contribution in [3.63, 3.8) is 0 Å². The Hall–Kier alpha value is -3.90. The van der Waals surface area contributed by atoms with Crippen LogP contribution in [0.2, 0.25) is 0 Å². The molecule has 186 valence electrons. The van der Waals surface area contributed by atoms with Crippen molar-refractivity contribution in [1.29, 1.82) is 0 Å². The summed E-state index contributed by atoms with van der Waals surface area (Å²) in [5, 5.41) is 11.2. The van der Waals surface area contributed by atoms with Crippen molar-refractivity contribution >= 4 is 17.6 Å². The number of nitro benzene ring substituents is 1. The normalized spacial score (nSPS) is 14.9. The third-order valence-corrected chi connectivity index (χ3v) is 5.46. The second kappa shape index (κ2) is 11.0. The van der Waals surface area contributed by atoms with Gasteiger partial charge in [0.25, 0.3) is 11.6 Å². The zero-order valence-electron chi connectivity index (χ0n) is 19.0. The summed E-state index contributed by atoms with van der Waals surface area (Å²) in [4.78, 5) is 37.3. The van der Waals surface area contributed by atoms with Crippen molar-refractivity contribution in [2.45, 2.75) is 13.2 Å². The lowest BCUT2D eigenvalue weighted by atomic mass is 10.1. The molecule has 12 heteroatoms. The fourth-order valence-corrected chi connectivity index (χ4v) is 3.68. The van der Waals surface area contributed by atoms with Crippen molar-refractivity contribution in [2.24, 2.45) is 0 Å². The van der Waals surface area contributed by atoms with Crippen LogP contribution in [0.3, 0.4) is 0 Å². The highest BCUT2D eigenvalue weighted by Gasteiger charge is 2.23. The van der Waals surface area contributed by atoms with Crippen LogP contribution in [-0.2, 0) is 32.2 Å². The van der Waals surface area contributed by atoms with Gasteiger partial charge in [0, 0.05) is 36.3 Å². The number of rotatable bonds is 8. The molecule has 1 saturated heterocycles. The van der Waals surface area contributed by atoms with E-state index in [4.69, 9.17) is 28.4 Å². The number of nitro groups is 1. The van der Waals surface area contributed by atoms with Crippen LogP contribution in [0.5, 0.6) is 17.2 Å². The van der Waals surface area contributed by atoms with Crippen LogP contribution in [0.1, 0.15) is 21.5 Å². The predicted molar refractivity (Wildman–Crippen MR) is 118 cm³/mol. The number of fused-ring (bicyclic) bond motifs is 1. The molecule has 12 nitrogen and oxygen atoms in total. The molecule has 0 N–H and O–H groups in total. The molecule has 4 rings (SSSR count). The molecule has 0 spiro atoms. The first-order valence-corrected chi connectivity index (χ1v) is 10.8. The van der Waals surface area contributed by atoms with Gasteiger partial charge in [0.05, 0.1) is 37.4 Å². The molecule has 1 amide bonds. The predicted octanol–water partition coefficient (Wildman–Crippen LogP) is 2.06. The van der Waals surface area contributed by atoms with Crippen LogP contribution < -0.4 is 14.2 Å². The third kappa shape index (κ3) is 5.78. The van der Waals surface area contributed by atoms with Gasteiger partial charge < -0.3 is 33.3 Å². The summed E-state index contributed by atoms with van der Waals surface area (Å²) in [5.74, 6) is 0.105. The van der Waals surface area contributed by atoms with E-state index >= 15 is 0 Å². The van der Waals surface area contributed by atoms with Crippen LogP contribution in [0.15, 0.2) is 30.3 Å². The van der Waals surface area contributed by atoms with Crippen molar-refractivity contribution in [1.82, 2.24) is 4.90 Å². The molecule has 2 aliphatic heterocycles. The van der Waals surface area contributed by atoms with Crippen molar-refractivity contribution in [3.05, 3.63) is 57.1 Å². The van der Waals surface area contributed by atoms with Crippen LogP contribution in [0, 0.1) is 10.1 Å². The number of benzene rings is 2. The summed E-state index contributed by atoms with van der Waals surface area (Å²) in [6.07, 6.45) is 0. The zero-order valence-corrected chi connectivity index (χ0v) is 19.0. The second-order valence-corrected chi connectivity index (χ2v) is 7.68. The van der Waals surface area contributed by atoms with E-state index in [0.29, 0.717) is 48.9 Å². The molecule has 2 aromatic carbocycles. The van der Waals surface area contributed by atoms with E-state index in [1.165, 1.54) is 37.4 Å². The monoisotopic (exact) mass is 488 g/mol. The van der Waals surface area contributed by atoms with Gasteiger partial charge in [-0.05, 0) is 18.2 Å². The summed E-state index contributed by atoms with van der Waals surface area (Å²) in [6, 6.07) is 7.10. The molecule has 2 aromatic rings. The molecule has 0 unspecified atom stereocenters. The molecule has 0 bridgehead atoms. The SMILES string of the molecule is COc1cc(C(=O)OCc2cc([N+](=O)[O-])cc3c2OCOC3)ccc1OCC(=O)N1CCOCC1. The first-order chi connectivity index (χ1) is 17.0. The van der Waals surface area contributed by atoms with Crippen LogP contribution in [0.4, 0.5) is 5.69 Å². The molecule has 0 aliphatic carbocycles. The number of methoxy groups -OCH3 is 1. The molecule has 2 aliphatic rings. The number of morpholine rings is 1. The highest BCUT2D eigenvalue weighted by Crippen LogP contribution is 2.33. The fourth-order valence-electron chi connectivity index (χ4n) is 3.68. The Morgan fingerprint density at radius 3 is 2.66 bits per heavy atom. The fraction of sp³-hybridized carbons (Fsp3) is 0.391. The first-order valence-electron chi connectivity index (χ1n) is 10.8. The van der Waals surface area contributed by atoms with E-state index in [2.05, 4.69) is 0 Å². The van der Waals surface area contributed by atoms with Gasteiger partial charge in [0.15, 0.2) is 24.9 Å². The second-order valence-electron chi connectivity index (χ2n) is 7.68. The molecule has 0 aromatic heterocycles. The van der Waals surface area contributed by atoms with Crippen molar-refractivity contribution < 1.29 is 42.9 Å². The minimum absolute atomic E-state index is 0.00153. The molecule has 0 saturated carbocycles. The number of ether oxygens (including phenoxy) is 6. The van der Waals surface area contributed by atoms with Crippen LogP contribution >= 0.6 is 0 Å². The average Bonchev–Trinajstić information content (AvgIpc) is 2.90. The Labute approximate surface area is 200 Å². The van der Waals surface area contributed by atoms with Crippen molar-refractivity contribution in [3.8, 4) is 17.2 Å². The maximum absolute atomic E-state index is 12.7. The van der Waals surface area contributed by atoms with Gasteiger partial charge in [-0.1, -0.05) is 0 Å². The number of hydrogen-bond donors (Lipinski definition) is 0. The van der Waals surface area contributed by atoms with Crippen LogP contribution in [0.25, 0.3) is 0 Å². The number of carbonyl (C=O) groups is 2. The smallest absolute Gasteiger partial charge is 0.338 e. The maximum atomic E-state index is 12.7. The molecule has 0 radical (unpaired) electrons. The van der Waals surface area contributed by atoms with E-state index in [1.54, 1.807) is 4.90 Å². The zero-order chi connectivity index (χ0) is 24.8. The third-order valence-electron chi connectivity index (χ3n) is 5.46. The summed E-state index contributed by atoms with van der Waals surface area (Å²) < 4.78 is 32.2. The van der Waals surface area contributed by atoms with Gasteiger partial charge >= 0.3 is 5.97 Å². The summed E-state index contributed by atoms with van der Waals surface area (Å²) in [7, 11) is 1.41. The Kier molecular flexibility index (Phi) is 7.63. The number of hydrogen-bond acceptors (Lipinski definition) is 10. The Morgan fingerprint density at radius 2 is 1.91 bits per heavy atom. The van der Waals surface area contributed by atoms with Gasteiger partial charge in [-0.15, -0.1) is 0 Å². The summed E-state index contributed by atoms with van der Waals surface area (Å²) in [5.41, 5.74) is 0.890. The number of esters is 1. The van der Waals surface area contributed by atoms with Gasteiger partial charge in [0.1, 0.15) is 12.4 Å². The highest BCUT2D eigenvalue weighted by molar-refractivity contribution is 5.90. The first kappa shape index (κ1) is 24.2. The van der Waals surface area contributed by atoms with E-state index in [1.807, 2.05) is 0 Å². The average molecular weight is 488 g/mol. The van der Waals surface area contributed by atoms with Crippen molar-refractivity contribution in [2.75, 3.05) is 46.8 Å². The molecule has 2 heterocycles. The lowest BCUT2D eigenvalue weighted by Gasteiger charge is -2.26. The molecule has 0 atom stereocenters. The standard InChI is InChI=1S/C23H24N2O10/c1-30-20-10-15(2-3-19(20)33-13-21(26)24-4-6-31-7-5-24)23(27)34-12-17-9-18(25(28)29)8-16-11-32-14-35-22(16)17/h2-3,8-10H,4-7,11-14H2,1H3. The van der Waals surface area contributed by atoms with Gasteiger partial charge in [-0.3, -0.25) is 14.9 Å². The van der Waals surface area contributed by atoms with Gasteiger partial charge in [-0.2, -0.15) is 0 Å². The van der Waals surface area contributed by atoms with Gasteiger partial charge in [0.2, 0.25) is 0 Å². The molecular formula is C23H24N2O10. The Morgan fingerprint density at radius 1 is 1.11 bits per heavy atom. The molecule has 35 heavy (non-hydrogen) atoms. The quantitative estimate of drug-likeness (QED) is 0.308. The minimum atomic E-state index is -0.674. The lowest BCUT2D eigenvalue weighted by Crippen LogP contribution is -2.43. The van der Waals surface area contributed by atoms with E-state index in [-0.39, 0.29) is 49.5 Å². The Balaban J connectivity index is 1.41. The minimum Gasteiger partial charge on any atom is -0.493 e. The van der Waals surface area contributed by atoms with E-state index in [9.17, 15) is 19.7 Å². The maximum Gasteiger partial charge on any atom is 0.338 e. The topological polar surface area (TPSA) is 136 Å². The Bertz CT molecular complexity index is 1110. The summed E-state index contributed by atoms with van der Waals surface area (Å²) in [6.45, 7) is 1.74. The summed E-state index contributed by atoms with van der Waals surface area (Å²) >= 11 is 0. The number of amides is 1. The van der Waals surface area contributed by atoms with Gasteiger partial charge in [-0.25, -0.2) is 4.79 Å².